The number of hydrogen-bond acceptors (Lipinski definition) is 0. The van der Waals surface area contributed by atoms with Crippen LogP contribution in [-0.2, 0) is 32.8 Å². The topological polar surface area (TPSA) is 0 Å². The second-order valence-corrected chi connectivity index (χ2v) is 10.5. The van der Waals surface area contributed by atoms with E-state index in [-0.39, 0.29) is 24.8 Å². The summed E-state index contributed by atoms with van der Waals surface area (Å²) >= 11 is 2.16. The number of hydrogen-bond donors (Lipinski definition) is 0. The maximum atomic E-state index is 2.30. The number of aryl methyl sites for hydroxylation is 4. The van der Waals surface area contributed by atoms with Crippen molar-refractivity contribution in [2.24, 2.45) is 0 Å². The third-order valence-corrected chi connectivity index (χ3v) is 7.95. The Bertz CT molecular complexity index is 1490. The minimum absolute atomic E-state index is 0. The van der Waals surface area contributed by atoms with Crippen molar-refractivity contribution in [3.63, 3.8) is 0 Å². The van der Waals surface area contributed by atoms with Crippen LogP contribution in [0, 0.1) is 13.8 Å². The van der Waals surface area contributed by atoms with Gasteiger partial charge in [-0.2, -0.15) is 23.3 Å². The van der Waals surface area contributed by atoms with Gasteiger partial charge >= 0.3 is 95.6 Å². The van der Waals surface area contributed by atoms with Gasteiger partial charge in [0.25, 0.3) is 0 Å². The molecule has 0 aliphatic carbocycles. The van der Waals surface area contributed by atoms with Crippen LogP contribution in [0.25, 0.3) is 21.5 Å². The minimum atomic E-state index is 0. The van der Waals surface area contributed by atoms with Crippen molar-refractivity contribution in [1.29, 1.82) is 0 Å². The SMILES string of the molecule is CCc1ccc2[cH-]cc(C)c2c1.CCc1ccc2[cH-]cc(C)c2c1.[Cl-].[Cl-].[Ti+2]=[C](c1ccccc1)c1ccccc1. The zero-order chi connectivity index (χ0) is 26.9. The molecule has 0 spiro atoms. The third kappa shape index (κ3) is 8.63. The molecule has 0 bridgehead atoms. The van der Waals surface area contributed by atoms with Gasteiger partial charge in [-0.05, 0) is 12.8 Å². The van der Waals surface area contributed by atoms with Crippen molar-refractivity contribution >= 4 is 25.4 Å². The fourth-order valence-electron chi connectivity index (χ4n) is 4.61. The van der Waals surface area contributed by atoms with E-state index in [1.165, 1.54) is 58.7 Å². The van der Waals surface area contributed by atoms with Crippen LogP contribution < -0.4 is 24.8 Å². The summed E-state index contributed by atoms with van der Waals surface area (Å²) in [7, 11) is 0. The molecule has 0 aliphatic heterocycles. The van der Waals surface area contributed by atoms with Crippen molar-refractivity contribution in [2.75, 3.05) is 0 Å². The summed E-state index contributed by atoms with van der Waals surface area (Å²) in [6.45, 7) is 8.72. The van der Waals surface area contributed by atoms with E-state index in [0.717, 1.165) is 12.8 Å². The molecule has 204 valence electrons. The van der Waals surface area contributed by atoms with Gasteiger partial charge in [-0.1, -0.05) is 38.8 Å². The molecule has 0 saturated carbocycles. The molecule has 0 atom stereocenters. The van der Waals surface area contributed by atoms with Crippen LogP contribution >= 0.6 is 0 Å². The predicted octanol–water partition coefficient (Wildman–Crippen LogP) is 3.67. The zero-order valence-electron chi connectivity index (χ0n) is 23.7. The summed E-state index contributed by atoms with van der Waals surface area (Å²) in [6, 6.07) is 43.1. The zero-order valence-corrected chi connectivity index (χ0v) is 26.8. The Morgan fingerprint density at radius 3 is 1.30 bits per heavy atom. The molecule has 3 heteroatoms. The molecule has 0 fully saturated rings. The Kier molecular flexibility index (Phi) is 13.8. The van der Waals surface area contributed by atoms with Crippen LogP contribution in [0.2, 0.25) is 0 Å². The maximum absolute atomic E-state index is 2.30. The fourth-order valence-corrected chi connectivity index (χ4v) is 5.13. The second-order valence-electron chi connectivity index (χ2n) is 9.69. The van der Waals surface area contributed by atoms with Gasteiger partial charge in [-0.25, -0.2) is 0 Å². The molecule has 40 heavy (non-hydrogen) atoms. The number of halogens is 2. The normalized spacial score (nSPS) is 9.95. The van der Waals surface area contributed by atoms with Gasteiger partial charge in [0.05, 0.1) is 0 Å². The van der Waals surface area contributed by atoms with Crippen molar-refractivity contribution < 1.29 is 44.8 Å². The van der Waals surface area contributed by atoms with Gasteiger partial charge in [0.2, 0.25) is 0 Å². The summed E-state index contributed by atoms with van der Waals surface area (Å²) in [6.07, 6.45) is 2.25. The van der Waals surface area contributed by atoms with Gasteiger partial charge in [0, 0.05) is 0 Å². The second kappa shape index (κ2) is 16.5. The molecule has 0 amide bonds. The summed E-state index contributed by atoms with van der Waals surface area (Å²) in [5, 5.41) is 5.55. The Morgan fingerprint density at radius 2 is 0.950 bits per heavy atom. The molecule has 0 saturated heterocycles. The Hall–Kier alpha value is -2.74. The molecule has 0 heterocycles. The van der Waals surface area contributed by atoms with Crippen LogP contribution in [0.15, 0.2) is 121 Å². The van der Waals surface area contributed by atoms with E-state index in [2.05, 4.69) is 157 Å². The number of fused-ring (bicyclic) bond motifs is 2. The molecule has 0 nitrogen and oxygen atoms in total. The van der Waals surface area contributed by atoms with Gasteiger partial charge in [0.15, 0.2) is 0 Å². The third-order valence-electron chi connectivity index (χ3n) is 7.05. The van der Waals surface area contributed by atoms with Crippen molar-refractivity contribution in [1.82, 2.24) is 0 Å². The van der Waals surface area contributed by atoms with Gasteiger partial charge in [-0.15, -0.1) is 70.1 Å². The standard InChI is InChI=1S/C13H10.2C12H13.2ClH.Ti/c1-3-7-12(8-4-1)11-13-9-5-2-6-10-13;2*1-3-10-5-7-11-6-4-9(2)12(11)8-10;;;/h1-10H;2*4-8H,3H2,1-2H3;2*1H;/q;2*-1;;;+2/p-2. The van der Waals surface area contributed by atoms with Crippen LogP contribution in [0.3, 0.4) is 0 Å². The molecular formula is C37H36Cl2Ti-2. The Balaban J connectivity index is 0.000000206. The van der Waals surface area contributed by atoms with E-state index in [0.29, 0.717) is 0 Å². The fraction of sp³-hybridized carbons (Fsp3) is 0.162. The first kappa shape index (κ1) is 33.5. The molecule has 0 aliphatic rings. The predicted molar refractivity (Wildman–Crippen MR) is 163 cm³/mol. The molecular weight excluding hydrogens is 563 g/mol. The monoisotopic (exact) mass is 598 g/mol. The average molecular weight is 599 g/mol. The summed E-state index contributed by atoms with van der Waals surface area (Å²) in [5.41, 5.74) is 8.21. The van der Waals surface area contributed by atoms with Gasteiger partial charge in [0.1, 0.15) is 0 Å². The van der Waals surface area contributed by atoms with E-state index in [1.807, 2.05) is 12.1 Å². The van der Waals surface area contributed by atoms with Crippen molar-refractivity contribution in [3.05, 3.63) is 155 Å². The molecule has 0 N–H and O–H groups in total. The van der Waals surface area contributed by atoms with E-state index in [4.69, 9.17) is 0 Å². The van der Waals surface area contributed by atoms with E-state index in [9.17, 15) is 0 Å². The molecule has 0 aromatic heterocycles. The average Bonchev–Trinajstić information content (AvgIpc) is 3.55. The van der Waals surface area contributed by atoms with E-state index in [1.54, 1.807) is 0 Å². The molecule has 6 rings (SSSR count). The first-order chi connectivity index (χ1) is 18.5. The first-order valence-electron chi connectivity index (χ1n) is 13.5. The molecule has 6 aromatic carbocycles. The molecule has 0 unspecified atom stereocenters. The number of benzene rings is 4. The van der Waals surface area contributed by atoms with Crippen LogP contribution in [0.4, 0.5) is 0 Å². The molecule has 6 aromatic rings. The molecule has 0 radical (unpaired) electrons. The van der Waals surface area contributed by atoms with Gasteiger partial charge in [-0.3, -0.25) is 0 Å². The quantitative estimate of drug-likeness (QED) is 0.215. The van der Waals surface area contributed by atoms with E-state index >= 15 is 0 Å². The summed E-state index contributed by atoms with van der Waals surface area (Å²) in [4.78, 5) is 0. The van der Waals surface area contributed by atoms with Crippen LogP contribution in [-0.4, -0.2) is 3.81 Å². The summed E-state index contributed by atoms with van der Waals surface area (Å²) < 4.78 is 1.33. The van der Waals surface area contributed by atoms with E-state index < -0.39 is 0 Å². The Labute approximate surface area is 263 Å². The first-order valence-corrected chi connectivity index (χ1v) is 14.3. The van der Waals surface area contributed by atoms with Gasteiger partial charge < -0.3 is 24.8 Å². The van der Waals surface area contributed by atoms with Crippen LogP contribution in [0.5, 0.6) is 0 Å². The van der Waals surface area contributed by atoms with Crippen molar-refractivity contribution in [2.45, 2.75) is 40.5 Å². The number of rotatable bonds is 4. The van der Waals surface area contributed by atoms with Crippen molar-refractivity contribution in [3.8, 4) is 0 Å². The Morgan fingerprint density at radius 1 is 0.575 bits per heavy atom. The van der Waals surface area contributed by atoms with Crippen LogP contribution in [0.1, 0.15) is 47.2 Å². The summed E-state index contributed by atoms with van der Waals surface area (Å²) in [5.74, 6) is 0.